The largest absolute Gasteiger partial charge is 0.324 e. The van der Waals surface area contributed by atoms with Crippen molar-refractivity contribution >= 4 is 37.5 Å². The van der Waals surface area contributed by atoms with Gasteiger partial charge in [0.25, 0.3) is 0 Å². The Kier molecular flexibility index (Phi) is 2.27. The average molecular weight is 252 g/mol. The van der Waals surface area contributed by atoms with Gasteiger partial charge in [0.2, 0.25) is 0 Å². The minimum atomic E-state index is 1.01. The van der Waals surface area contributed by atoms with E-state index in [1.165, 1.54) is 0 Å². The lowest BCUT2D eigenvalue weighted by atomic mass is 10.3. The molecule has 0 unspecified atom stereocenters. The molecule has 0 bridgehead atoms. The summed E-state index contributed by atoms with van der Waals surface area (Å²) >= 11 is 6.69. The molecule has 0 aliphatic heterocycles. The molecule has 1 rings (SSSR count). The summed E-state index contributed by atoms with van der Waals surface area (Å²) in [5.41, 5.74) is 4.81. The van der Waals surface area contributed by atoms with E-state index in [9.17, 15) is 0 Å². The summed E-state index contributed by atoms with van der Waals surface area (Å²) in [4.78, 5) is 0. The smallest absolute Gasteiger partial charge is 0.142 e. The highest BCUT2D eigenvalue weighted by atomic mass is 79.9. The molecular weight excluding hydrogens is 246 g/mol. The van der Waals surface area contributed by atoms with Gasteiger partial charge in [-0.15, -0.1) is 0 Å². The average Bonchev–Trinajstić information content (AvgIpc) is 1.80. The van der Waals surface area contributed by atoms with Crippen molar-refractivity contribution in [2.24, 2.45) is 0 Å². The second kappa shape index (κ2) is 2.82. The van der Waals surface area contributed by atoms with Gasteiger partial charge in [-0.1, -0.05) is 15.9 Å². The third kappa shape index (κ3) is 1.78. The Hall–Kier alpha value is 0.140. The van der Waals surface area contributed by atoms with Gasteiger partial charge >= 0.3 is 0 Å². The number of hydrogen-bond donors (Lipinski definition) is 1. The van der Waals surface area contributed by atoms with Gasteiger partial charge in [0.15, 0.2) is 0 Å². The number of hydrogen-bond acceptors (Lipinski definition) is 0. The van der Waals surface area contributed by atoms with Crippen LogP contribution < -0.4 is 5.73 Å². The van der Waals surface area contributed by atoms with Crippen LogP contribution in [0, 0.1) is 0 Å². The molecule has 9 heavy (non-hydrogen) atoms. The first-order valence-electron chi connectivity index (χ1n) is 2.47. The van der Waals surface area contributed by atoms with Crippen molar-refractivity contribution in [2.45, 2.75) is 0 Å². The van der Waals surface area contributed by atoms with Crippen LogP contribution in [0.15, 0.2) is 27.1 Å². The lowest BCUT2D eigenvalue weighted by Gasteiger charge is -1.91. The molecule has 0 fully saturated rings. The van der Waals surface area contributed by atoms with Crippen molar-refractivity contribution in [1.29, 1.82) is 0 Å². The Morgan fingerprint density at radius 1 is 1.22 bits per heavy atom. The fourth-order valence-electron chi connectivity index (χ4n) is 0.522. The fourth-order valence-corrected chi connectivity index (χ4v) is 1.57. The highest BCUT2D eigenvalue weighted by Gasteiger charge is 1.96. The Morgan fingerprint density at radius 3 is 2.33 bits per heavy atom. The van der Waals surface area contributed by atoms with Gasteiger partial charge in [-0.25, -0.2) is 0 Å². The monoisotopic (exact) mass is 250 g/mol. The lowest BCUT2D eigenvalue weighted by Crippen LogP contribution is -2.40. The Balaban J connectivity index is 3.17. The van der Waals surface area contributed by atoms with E-state index in [0.29, 0.717) is 0 Å². The van der Waals surface area contributed by atoms with Crippen molar-refractivity contribution in [3.05, 3.63) is 27.1 Å². The first-order chi connectivity index (χ1) is 4.20. The highest BCUT2D eigenvalue weighted by Crippen LogP contribution is 2.21. The minimum absolute atomic E-state index is 1.01. The predicted molar refractivity (Wildman–Crippen MR) is 44.4 cm³/mol. The summed E-state index contributed by atoms with van der Waals surface area (Å²) in [6.07, 6.45) is 0. The molecule has 0 aromatic heterocycles. The first kappa shape index (κ1) is 7.25. The zero-order valence-corrected chi connectivity index (χ0v) is 7.87. The number of quaternary nitrogens is 1. The van der Waals surface area contributed by atoms with Crippen LogP contribution in [0.25, 0.3) is 0 Å². The van der Waals surface area contributed by atoms with Gasteiger partial charge in [-0.3, -0.25) is 0 Å². The summed E-state index contributed by atoms with van der Waals surface area (Å²) in [5, 5.41) is 0. The Morgan fingerprint density at radius 2 is 1.89 bits per heavy atom. The molecule has 3 N–H and O–H groups in total. The second-order valence-electron chi connectivity index (χ2n) is 1.74. The van der Waals surface area contributed by atoms with E-state index in [2.05, 4.69) is 37.6 Å². The summed E-state index contributed by atoms with van der Waals surface area (Å²) in [6, 6.07) is 5.89. The summed E-state index contributed by atoms with van der Waals surface area (Å²) in [7, 11) is 0. The van der Waals surface area contributed by atoms with Crippen molar-refractivity contribution in [3.8, 4) is 0 Å². The molecule has 0 saturated carbocycles. The Labute approximate surface area is 70.5 Å². The van der Waals surface area contributed by atoms with Crippen molar-refractivity contribution in [3.63, 3.8) is 0 Å². The zero-order valence-electron chi connectivity index (χ0n) is 4.70. The minimum Gasteiger partial charge on any atom is -0.324 e. The van der Waals surface area contributed by atoms with E-state index in [1.807, 2.05) is 18.2 Å². The van der Waals surface area contributed by atoms with Crippen molar-refractivity contribution < 1.29 is 5.73 Å². The molecule has 1 aromatic rings. The van der Waals surface area contributed by atoms with E-state index >= 15 is 0 Å². The van der Waals surface area contributed by atoms with Gasteiger partial charge < -0.3 is 5.73 Å². The van der Waals surface area contributed by atoms with Crippen molar-refractivity contribution in [2.75, 3.05) is 0 Å². The van der Waals surface area contributed by atoms with Crippen LogP contribution in [0.1, 0.15) is 0 Å². The second-order valence-corrected chi connectivity index (χ2v) is 3.51. The highest BCUT2D eigenvalue weighted by molar-refractivity contribution is 9.11. The van der Waals surface area contributed by atoms with E-state index in [4.69, 9.17) is 0 Å². The van der Waals surface area contributed by atoms with Crippen LogP contribution in [0.5, 0.6) is 0 Å². The quantitative estimate of drug-likeness (QED) is 0.732. The number of rotatable bonds is 0. The summed E-state index contributed by atoms with van der Waals surface area (Å²) in [6.45, 7) is 0. The molecule has 3 heteroatoms. The fraction of sp³-hybridized carbons (Fsp3) is 0. The van der Waals surface area contributed by atoms with Gasteiger partial charge in [-0.05, 0) is 28.1 Å². The maximum absolute atomic E-state index is 3.79. The topological polar surface area (TPSA) is 27.6 Å². The molecule has 1 nitrogen and oxygen atoms in total. The van der Waals surface area contributed by atoms with Crippen LogP contribution >= 0.6 is 31.9 Å². The standard InChI is InChI=1S/C6H5Br2N/c7-4-1-2-6(9)5(8)3-4/h1-3H,9H2/p+1. The lowest BCUT2D eigenvalue weighted by molar-refractivity contribution is -0.255. The normalized spacial score (nSPS) is 9.67. The van der Waals surface area contributed by atoms with E-state index in [0.717, 1.165) is 14.6 Å². The van der Waals surface area contributed by atoms with E-state index < -0.39 is 0 Å². The molecule has 0 aliphatic carbocycles. The summed E-state index contributed by atoms with van der Waals surface area (Å²) < 4.78 is 2.11. The molecule has 0 aliphatic rings. The molecule has 48 valence electrons. The van der Waals surface area contributed by atoms with E-state index in [1.54, 1.807) is 0 Å². The van der Waals surface area contributed by atoms with E-state index in [-0.39, 0.29) is 0 Å². The molecule has 0 spiro atoms. The number of benzene rings is 1. The van der Waals surface area contributed by atoms with Gasteiger partial charge in [-0.2, -0.15) is 0 Å². The van der Waals surface area contributed by atoms with Gasteiger partial charge in [0.05, 0.1) is 4.47 Å². The van der Waals surface area contributed by atoms with Crippen molar-refractivity contribution in [1.82, 2.24) is 0 Å². The molecule has 0 radical (unpaired) electrons. The molecule has 0 amide bonds. The zero-order chi connectivity index (χ0) is 6.85. The molecule has 0 atom stereocenters. The number of halogens is 2. The molecular formula is C6H6Br2N+. The van der Waals surface area contributed by atoms with Crippen LogP contribution in [-0.2, 0) is 0 Å². The van der Waals surface area contributed by atoms with Gasteiger partial charge in [0, 0.05) is 10.5 Å². The van der Waals surface area contributed by atoms with Crippen LogP contribution in [0.4, 0.5) is 5.69 Å². The first-order valence-corrected chi connectivity index (χ1v) is 4.06. The Bertz CT molecular complexity index is 222. The third-order valence-electron chi connectivity index (χ3n) is 1.02. The maximum Gasteiger partial charge on any atom is 0.142 e. The van der Waals surface area contributed by atoms with Crippen LogP contribution in [-0.4, -0.2) is 0 Å². The predicted octanol–water partition coefficient (Wildman–Crippen LogP) is 2.08. The van der Waals surface area contributed by atoms with Crippen LogP contribution in [0.3, 0.4) is 0 Å². The molecule has 1 aromatic carbocycles. The summed E-state index contributed by atoms with van der Waals surface area (Å²) in [5.74, 6) is 0. The third-order valence-corrected chi connectivity index (χ3v) is 2.25. The molecule has 0 heterocycles. The van der Waals surface area contributed by atoms with Gasteiger partial charge in [0.1, 0.15) is 5.69 Å². The van der Waals surface area contributed by atoms with Crippen LogP contribution in [0.2, 0.25) is 0 Å². The maximum atomic E-state index is 3.79. The molecule has 0 saturated heterocycles. The SMILES string of the molecule is [NH3+]c1ccc(Br)cc1Br.